The van der Waals surface area contributed by atoms with E-state index in [1.165, 1.54) is 0 Å². The molecule has 0 aromatic carbocycles. The Morgan fingerprint density at radius 3 is 2.94 bits per heavy atom. The Morgan fingerprint density at radius 2 is 2.38 bits per heavy atom. The molecule has 0 radical (unpaired) electrons. The van der Waals surface area contributed by atoms with Crippen LogP contribution >= 0.6 is 11.8 Å². The highest BCUT2D eigenvalue weighted by Gasteiger charge is 2.17. The summed E-state index contributed by atoms with van der Waals surface area (Å²) in [4.78, 5) is 0. The Morgan fingerprint density at radius 1 is 1.69 bits per heavy atom. The van der Waals surface area contributed by atoms with Crippen LogP contribution in [-0.2, 0) is 11.8 Å². The zero-order valence-corrected chi connectivity index (χ0v) is 10.4. The monoisotopic (exact) mass is 244 g/mol. The topological polar surface area (TPSA) is 85.7 Å². The predicted molar refractivity (Wildman–Crippen MR) is 63.1 cm³/mol. The molecule has 0 amide bonds. The van der Waals surface area contributed by atoms with Gasteiger partial charge < -0.3 is 15.7 Å². The summed E-state index contributed by atoms with van der Waals surface area (Å²) in [6, 6.07) is 0. The van der Waals surface area contributed by atoms with E-state index in [4.69, 9.17) is 15.7 Å². The molecule has 0 aliphatic heterocycles. The molecule has 0 saturated heterocycles. The summed E-state index contributed by atoms with van der Waals surface area (Å²) in [5, 5.41) is 16.8. The van der Waals surface area contributed by atoms with Gasteiger partial charge in [0, 0.05) is 19.9 Å². The second-order valence-electron chi connectivity index (χ2n) is 3.22. The molecule has 0 unspecified atom stereocenters. The van der Waals surface area contributed by atoms with Gasteiger partial charge in [-0.1, -0.05) is 5.16 Å². The van der Waals surface area contributed by atoms with E-state index in [9.17, 15) is 0 Å². The number of nitrogens with zero attached hydrogens (tertiary/aromatic N) is 3. The summed E-state index contributed by atoms with van der Waals surface area (Å²) < 4.78 is 6.70. The fourth-order valence-corrected chi connectivity index (χ4v) is 2.44. The lowest BCUT2D eigenvalue weighted by Gasteiger charge is -2.04. The molecule has 0 bridgehead atoms. The number of hydrogen-bond donors (Lipinski definition) is 2. The van der Waals surface area contributed by atoms with Crippen molar-refractivity contribution in [2.75, 3.05) is 19.5 Å². The number of rotatable bonds is 5. The number of aromatic nitrogens is 2. The predicted octanol–water partition coefficient (Wildman–Crippen LogP) is 0.562. The molecule has 6 nitrogen and oxygen atoms in total. The standard InChI is InChI=1S/C9H16N4O2S/c1-6-7(8(10)12-14)9(13(2)11-6)16-5-4-15-3/h14H,4-5H2,1-3H3,(H2,10,12). The summed E-state index contributed by atoms with van der Waals surface area (Å²) >= 11 is 1.57. The largest absolute Gasteiger partial charge is 0.409 e. The molecular weight excluding hydrogens is 228 g/mol. The molecule has 0 fully saturated rings. The summed E-state index contributed by atoms with van der Waals surface area (Å²) in [5.74, 6) is 0.881. The van der Waals surface area contributed by atoms with E-state index < -0.39 is 0 Å². The van der Waals surface area contributed by atoms with Crippen LogP contribution in [0.25, 0.3) is 0 Å². The fourth-order valence-electron chi connectivity index (χ4n) is 1.37. The van der Waals surface area contributed by atoms with Gasteiger partial charge in [0.1, 0.15) is 5.03 Å². The van der Waals surface area contributed by atoms with Gasteiger partial charge in [0.2, 0.25) is 0 Å². The van der Waals surface area contributed by atoms with Gasteiger partial charge in [0.05, 0.1) is 17.9 Å². The van der Waals surface area contributed by atoms with Crippen molar-refractivity contribution in [1.82, 2.24) is 9.78 Å². The molecule has 1 aromatic heterocycles. The molecule has 90 valence electrons. The smallest absolute Gasteiger partial charge is 0.174 e. The van der Waals surface area contributed by atoms with Gasteiger partial charge in [-0.2, -0.15) is 5.10 Å². The second kappa shape index (κ2) is 5.76. The highest BCUT2D eigenvalue weighted by atomic mass is 32.2. The molecule has 0 atom stereocenters. The van der Waals surface area contributed by atoms with Gasteiger partial charge in [-0.15, -0.1) is 11.8 Å². The minimum atomic E-state index is 0.0884. The molecule has 1 rings (SSSR count). The molecule has 1 aromatic rings. The van der Waals surface area contributed by atoms with Crippen LogP contribution in [0.15, 0.2) is 10.2 Å². The Labute approximate surface area is 98.4 Å². The third-order valence-corrected chi connectivity index (χ3v) is 3.17. The molecule has 0 spiro atoms. The van der Waals surface area contributed by atoms with Crippen molar-refractivity contribution >= 4 is 17.6 Å². The number of amidine groups is 1. The lowest BCUT2D eigenvalue weighted by atomic mass is 10.2. The Bertz CT molecular complexity index is 389. The maximum atomic E-state index is 8.71. The number of nitrogens with two attached hydrogens (primary N) is 1. The first-order chi connectivity index (χ1) is 7.61. The minimum absolute atomic E-state index is 0.0884. The van der Waals surface area contributed by atoms with Gasteiger partial charge in [0.25, 0.3) is 0 Å². The number of aryl methyl sites for hydroxylation is 2. The third-order valence-electron chi connectivity index (χ3n) is 2.06. The Kier molecular flexibility index (Phi) is 4.63. The molecular formula is C9H16N4O2S. The summed E-state index contributed by atoms with van der Waals surface area (Å²) in [7, 11) is 3.48. The van der Waals surface area contributed by atoms with Crippen LogP contribution in [-0.4, -0.2) is 40.3 Å². The highest BCUT2D eigenvalue weighted by molar-refractivity contribution is 7.99. The van der Waals surface area contributed by atoms with Crippen LogP contribution in [0.1, 0.15) is 11.3 Å². The quantitative estimate of drug-likeness (QED) is 0.197. The molecule has 0 aliphatic rings. The third kappa shape index (κ3) is 2.67. The van der Waals surface area contributed by atoms with Gasteiger partial charge >= 0.3 is 0 Å². The number of methoxy groups -OCH3 is 1. The van der Waals surface area contributed by atoms with Crippen molar-refractivity contribution in [3.8, 4) is 0 Å². The first kappa shape index (κ1) is 12.9. The van der Waals surface area contributed by atoms with Crippen molar-refractivity contribution in [2.24, 2.45) is 17.9 Å². The first-order valence-electron chi connectivity index (χ1n) is 4.75. The van der Waals surface area contributed by atoms with Crippen LogP contribution in [0, 0.1) is 6.92 Å². The zero-order chi connectivity index (χ0) is 12.1. The lowest BCUT2D eigenvalue weighted by molar-refractivity contribution is 0.218. The van der Waals surface area contributed by atoms with Crippen LogP contribution in [0.2, 0.25) is 0 Å². The lowest BCUT2D eigenvalue weighted by Crippen LogP contribution is -2.15. The maximum Gasteiger partial charge on any atom is 0.174 e. The van der Waals surface area contributed by atoms with E-state index in [0.29, 0.717) is 12.2 Å². The number of ether oxygens (including phenoxy) is 1. The summed E-state index contributed by atoms with van der Waals surface area (Å²) in [6.07, 6.45) is 0. The van der Waals surface area contributed by atoms with Gasteiger partial charge in [0.15, 0.2) is 5.84 Å². The summed E-state index contributed by atoms with van der Waals surface area (Å²) in [5.41, 5.74) is 7.05. The Balaban J connectivity index is 2.97. The number of thioether (sulfide) groups is 1. The van der Waals surface area contributed by atoms with Crippen LogP contribution < -0.4 is 5.73 Å². The molecule has 0 aliphatic carbocycles. The number of oxime groups is 1. The molecule has 16 heavy (non-hydrogen) atoms. The van der Waals surface area contributed by atoms with Crippen LogP contribution in [0.3, 0.4) is 0 Å². The van der Waals surface area contributed by atoms with E-state index in [1.807, 2.05) is 14.0 Å². The van der Waals surface area contributed by atoms with Crippen molar-refractivity contribution < 1.29 is 9.94 Å². The number of hydrogen-bond acceptors (Lipinski definition) is 5. The maximum absolute atomic E-state index is 8.71. The minimum Gasteiger partial charge on any atom is -0.409 e. The summed E-state index contributed by atoms with van der Waals surface area (Å²) in [6.45, 7) is 2.47. The zero-order valence-electron chi connectivity index (χ0n) is 9.60. The fraction of sp³-hybridized carbons (Fsp3) is 0.556. The Hall–Kier alpha value is -1.21. The van der Waals surface area contributed by atoms with Gasteiger partial charge in [-0.25, -0.2) is 0 Å². The van der Waals surface area contributed by atoms with Gasteiger partial charge in [-0.3, -0.25) is 4.68 Å². The molecule has 3 N–H and O–H groups in total. The normalized spacial score (nSPS) is 12.1. The van der Waals surface area contributed by atoms with Crippen molar-refractivity contribution in [1.29, 1.82) is 0 Å². The van der Waals surface area contributed by atoms with Crippen LogP contribution in [0.4, 0.5) is 0 Å². The molecule has 1 heterocycles. The van der Waals surface area contributed by atoms with E-state index in [2.05, 4.69) is 10.3 Å². The van der Waals surface area contributed by atoms with Crippen molar-refractivity contribution in [2.45, 2.75) is 11.9 Å². The van der Waals surface area contributed by atoms with E-state index in [0.717, 1.165) is 16.5 Å². The van der Waals surface area contributed by atoms with Crippen molar-refractivity contribution in [3.63, 3.8) is 0 Å². The SMILES string of the molecule is COCCSc1c(C(N)=NO)c(C)nn1C. The van der Waals surface area contributed by atoms with E-state index >= 15 is 0 Å². The van der Waals surface area contributed by atoms with Crippen molar-refractivity contribution in [3.05, 3.63) is 11.3 Å². The molecule has 0 saturated carbocycles. The van der Waals surface area contributed by atoms with Gasteiger partial charge in [-0.05, 0) is 6.92 Å². The first-order valence-corrected chi connectivity index (χ1v) is 5.73. The average Bonchev–Trinajstić information content (AvgIpc) is 2.53. The molecule has 7 heteroatoms. The van der Waals surface area contributed by atoms with E-state index in [1.54, 1.807) is 23.6 Å². The average molecular weight is 244 g/mol. The second-order valence-corrected chi connectivity index (χ2v) is 4.30. The highest BCUT2D eigenvalue weighted by Crippen LogP contribution is 2.24. The van der Waals surface area contributed by atoms with E-state index in [-0.39, 0.29) is 5.84 Å². The van der Waals surface area contributed by atoms with Crippen LogP contribution in [0.5, 0.6) is 0 Å².